The Morgan fingerprint density at radius 3 is 2.81 bits per heavy atom. The van der Waals surface area contributed by atoms with Gasteiger partial charge in [0.1, 0.15) is 5.75 Å². The predicted molar refractivity (Wildman–Crippen MR) is 84.2 cm³/mol. The van der Waals surface area contributed by atoms with Gasteiger partial charge in [0.15, 0.2) is 6.61 Å². The van der Waals surface area contributed by atoms with Crippen LogP contribution in [0.5, 0.6) is 5.75 Å². The lowest BCUT2D eigenvalue weighted by atomic mass is 10.2. The molecule has 0 spiro atoms. The van der Waals surface area contributed by atoms with Gasteiger partial charge in [-0.25, -0.2) is 0 Å². The molecule has 0 fully saturated rings. The molecule has 0 saturated heterocycles. The maximum Gasteiger partial charge on any atom is 0.257 e. The number of hydrogen-bond acceptors (Lipinski definition) is 4. The minimum atomic E-state index is -0.0915. The molecule has 0 aliphatic rings. The molecule has 118 valence electrons. The fourth-order valence-electron chi connectivity index (χ4n) is 1.69. The van der Waals surface area contributed by atoms with Crippen LogP contribution in [0.1, 0.15) is 39.3 Å². The van der Waals surface area contributed by atoms with E-state index in [1.807, 2.05) is 12.1 Å². The zero-order valence-electron chi connectivity index (χ0n) is 13.3. The SMILES string of the molecule is CCCCNC(=O)COc1ccc(CNCC(C)C)nc1. The van der Waals surface area contributed by atoms with Gasteiger partial charge in [-0.15, -0.1) is 0 Å². The average molecular weight is 293 g/mol. The lowest BCUT2D eigenvalue weighted by Gasteiger charge is -2.09. The van der Waals surface area contributed by atoms with E-state index in [0.29, 0.717) is 18.2 Å². The predicted octanol–water partition coefficient (Wildman–Crippen LogP) is 2.12. The van der Waals surface area contributed by atoms with Crippen molar-refractivity contribution in [2.75, 3.05) is 19.7 Å². The molecule has 1 aromatic heterocycles. The Bertz CT molecular complexity index is 404. The normalized spacial score (nSPS) is 10.7. The smallest absolute Gasteiger partial charge is 0.257 e. The molecule has 2 N–H and O–H groups in total. The first-order valence-electron chi connectivity index (χ1n) is 7.67. The minimum absolute atomic E-state index is 0.0380. The minimum Gasteiger partial charge on any atom is -0.482 e. The highest BCUT2D eigenvalue weighted by Crippen LogP contribution is 2.08. The molecule has 5 nitrogen and oxygen atoms in total. The van der Waals surface area contributed by atoms with Crippen LogP contribution >= 0.6 is 0 Å². The molecule has 1 heterocycles. The second-order valence-electron chi connectivity index (χ2n) is 5.50. The van der Waals surface area contributed by atoms with Crippen molar-refractivity contribution in [3.63, 3.8) is 0 Å². The molecular formula is C16H27N3O2. The van der Waals surface area contributed by atoms with E-state index in [1.54, 1.807) is 6.20 Å². The van der Waals surface area contributed by atoms with Gasteiger partial charge in [-0.1, -0.05) is 27.2 Å². The maximum atomic E-state index is 11.5. The first-order chi connectivity index (χ1) is 10.1. The van der Waals surface area contributed by atoms with Crippen molar-refractivity contribution in [1.29, 1.82) is 0 Å². The fraction of sp³-hybridized carbons (Fsp3) is 0.625. The van der Waals surface area contributed by atoms with Crippen LogP contribution < -0.4 is 15.4 Å². The third-order valence-corrected chi connectivity index (χ3v) is 2.88. The van der Waals surface area contributed by atoms with Crippen LogP contribution in [0.25, 0.3) is 0 Å². The summed E-state index contributed by atoms with van der Waals surface area (Å²) in [7, 11) is 0. The number of nitrogens with one attached hydrogen (secondary N) is 2. The van der Waals surface area contributed by atoms with Crippen molar-refractivity contribution >= 4 is 5.91 Å². The number of ether oxygens (including phenoxy) is 1. The van der Waals surface area contributed by atoms with E-state index in [4.69, 9.17) is 4.74 Å². The van der Waals surface area contributed by atoms with Gasteiger partial charge in [0.25, 0.3) is 5.91 Å². The van der Waals surface area contributed by atoms with E-state index in [1.165, 1.54) is 0 Å². The van der Waals surface area contributed by atoms with Gasteiger partial charge in [-0.3, -0.25) is 9.78 Å². The molecule has 1 amide bonds. The van der Waals surface area contributed by atoms with Crippen molar-refractivity contribution in [3.8, 4) is 5.75 Å². The van der Waals surface area contributed by atoms with Crippen molar-refractivity contribution in [2.45, 2.75) is 40.2 Å². The van der Waals surface area contributed by atoms with E-state index in [9.17, 15) is 4.79 Å². The molecule has 0 radical (unpaired) electrons. The quantitative estimate of drug-likeness (QED) is 0.649. The van der Waals surface area contributed by atoms with E-state index >= 15 is 0 Å². The topological polar surface area (TPSA) is 63.2 Å². The van der Waals surface area contributed by atoms with Crippen molar-refractivity contribution in [3.05, 3.63) is 24.0 Å². The molecule has 0 bridgehead atoms. The van der Waals surface area contributed by atoms with Gasteiger partial charge in [0, 0.05) is 13.1 Å². The second-order valence-corrected chi connectivity index (χ2v) is 5.50. The molecule has 21 heavy (non-hydrogen) atoms. The zero-order valence-corrected chi connectivity index (χ0v) is 13.3. The summed E-state index contributed by atoms with van der Waals surface area (Å²) in [5, 5.41) is 6.14. The maximum absolute atomic E-state index is 11.5. The van der Waals surface area contributed by atoms with E-state index in [2.05, 4.69) is 36.4 Å². The Morgan fingerprint density at radius 2 is 2.19 bits per heavy atom. The summed E-state index contributed by atoms with van der Waals surface area (Å²) in [5.74, 6) is 1.15. The highest BCUT2D eigenvalue weighted by atomic mass is 16.5. The average Bonchev–Trinajstić information content (AvgIpc) is 2.46. The summed E-state index contributed by atoms with van der Waals surface area (Å²) in [6.45, 7) is 8.89. The van der Waals surface area contributed by atoms with Gasteiger partial charge in [0.05, 0.1) is 11.9 Å². The van der Waals surface area contributed by atoms with Gasteiger partial charge in [-0.05, 0) is 31.0 Å². The van der Waals surface area contributed by atoms with E-state index in [-0.39, 0.29) is 12.5 Å². The number of amides is 1. The van der Waals surface area contributed by atoms with Crippen molar-refractivity contribution in [1.82, 2.24) is 15.6 Å². The Kier molecular flexibility index (Phi) is 8.43. The van der Waals surface area contributed by atoms with E-state index < -0.39 is 0 Å². The Morgan fingerprint density at radius 1 is 1.38 bits per heavy atom. The van der Waals surface area contributed by atoms with Gasteiger partial charge < -0.3 is 15.4 Å². The number of carbonyl (C=O) groups excluding carboxylic acids is 1. The van der Waals surface area contributed by atoms with Gasteiger partial charge in [0.2, 0.25) is 0 Å². The number of carbonyl (C=O) groups is 1. The summed E-state index contributed by atoms with van der Waals surface area (Å²) in [4.78, 5) is 15.8. The van der Waals surface area contributed by atoms with Crippen LogP contribution in [0, 0.1) is 5.92 Å². The van der Waals surface area contributed by atoms with Gasteiger partial charge >= 0.3 is 0 Å². The molecule has 0 saturated carbocycles. The van der Waals surface area contributed by atoms with Crippen molar-refractivity contribution in [2.24, 2.45) is 5.92 Å². The Hall–Kier alpha value is -1.62. The lowest BCUT2D eigenvalue weighted by Crippen LogP contribution is -2.29. The van der Waals surface area contributed by atoms with Crippen LogP contribution in [0.3, 0.4) is 0 Å². The zero-order chi connectivity index (χ0) is 15.5. The molecule has 0 aliphatic heterocycles. The first kappa shape index (κ1) is 17.4. The summed E-state index contributed by atoms with van der Waals surface area (Å²) in [6, 6.07) is 3.76. The van der Waals surface area contributed by atoms with Crippen LogP contribution in [-0.4, -0.2) is 30.6 Å². The third-order valence-electron chi connectivity index (χ3n) is 2.88. The lowest BCUT2D eigenvalue weighted by molar-refractivity contribution is -0.123. The molecule has 0 atom stereocenters. The molecule has 0 aromatic carbocycles. The van der Waals surface area contributed by atoms with Crippen LogP contribution in [0.15, 0.2) is 18.3 Å². The number of hydrogen-bond donors (Lipinski definition) is 2. The standard InChI is InChI=1S/C16H27N3O2/c1-4-5-8-18-16(20)12-21-15-7-6-14(19-11-15)10-17-9-13(2)3/h6-7,11,13,17H,4-5,8-10,12H2,1-3H3,(H,18,20). The highest BCUT2D eigenvalue weighted by Gasteiger charge is 2.03. The largest absolute Gasteiger partial charge is 0.482 e. The first-order valence-corrected chi connectivity index (χ1v) is 7.67. The van der Waals surface area contributed by atoms with Crippen LogP contribution in [-0.2, 0) is 11.3 Å². The number of nitrogens with zero attached hydrogens (tertiary/aromatic N) is 1. The van der Waals surface area contributed by atoms with Crippen molar-refractivity contribution < 1.29 is 9.53 Å². The third kappa shape index (κ3) is 8.30. The number of aromatic nitrogens is 1. The summed E-state index contributed by atoms with van der Waals surface area (Å²) >= 11 is 0. The fourth-order valence-corrected chi connectivity index (χ4v) is 1.69. The summed E-state index contributed by atoms with van der Waals surface area (Å²) in [5.41, 5.74) is 0.968. The highest BCUT2D eigenvalue weighted by molar-refractivity contribution is 5.77. The summed E-state index contributed by atoms with van der Waals surface area (Å²) in [6.07, 6.45) is 3.72. The summed E-state index contributed by atoms with van der Waals surface area (Å²) < 4.78 is 5.40. The van der Waals surface area contributed by atoms with Crippen LogP contribution in [0.4, 0.5) is 0 Å². The van der Waals surface area contributed by atoms with E-state index in [0.717, 1.165) is 31.6 Å². The molecular weight excluding hydrogens is 266 g/mol. The molecule has 5 heteroatoms. The van der Waals surface area contributed by atoms with Gasteiger partial charge in [-0.2, -0.15) is 0 Å². The molecule has 1 aromatic rings. The second kappa shape index (κ2) is 10.2. The Labute approximate surface area is 127 Å². The number of rotatable bonds is 10. The molecule has 1 rings (SSSR count). The molecule has 0 unspecified atom stereocenters. The van der Waals surface area contributed by atoms with Crippen LogP contribution in [0.2, 0.25) is 0 Å². The number of unbranched alkanes of at least 4 members (excludes halogenated alkanes) is 1. The Balaban J connectivity index is 2.25. The number of pyridine rings is 1. The molecule has 0 aliphatic carbocycles. The monoisotopic (exact) mass is 293 g/mol.